The molecule has 1 atom stereocenters. The molecule has 0 bridgehead atoms. The number of carbonyl (C=O) groups is 1. The Morgan fingerprint density at radius 2 is 2.22 bits per heavy atom. The van der Waals surface area contributed by atoms with Crippen LogP contribution in [0.4, 0.5) is 0 Å². The second kappa shape index (κ2) is 1.72. The predicted octanol–water partition coefficient (Wildman–Crippen LogP) is 1.35. The van der Waals surface area contributed by atoms with Gasteiger partial charge in [-0.3, -0.25) is 4.79 Å². The van der Waals surface area contributed by atoms with E-state index in [2.05, 4.69) is 0 Å². The molecule has 52 valence electrons. The first-order valence-electron chi connectivity index (χ1n) is 3.23. The van der Waals surface area contributed by atoms with E-state index in [1.165, 1.54) is 0 Å². The third-order valence-corrected chi connectivity index (χ3v) is 1.66. The fraction of sp³-hybridized carbons (Fsp3) is 0.857. The van der Waals surface area contributed by atoms with Gasteiger partial charge in [-0.05, 0) is 27.2 Å². The highest BCUT2D eigenvalue weighted by Gasteiger charge is 2.39. The SMILES string of the molecule is CC1CC(C)(C)C(=O)O1. The number of rotatable bonds is 0. The summed E-state index contributed by atoms with van der Waals surface area (Å²) in [7, 11) is 0. The molecule has 0 saturated carbocycles. The zero-order valence-electron chi connectivity index (χ0n) is 6.10. The summed E-state index contributed by atoms with van der Waals surface area (Å²) in [5, 5.41) is 0. The van der Waals surface area contributed by atoms with E-state index in [0.29, 0.717) is 0 Å². The standard InChI is InChI=1S/C7H12O2/c1-5-4-7(2,3)6(8)9-5/h5H,4H2,1-3H3. The lowest BCUT2D eigenvalue weighted by atomic mass is 9.90. The molecule has 1 unspecified atom stereocenters. The average molecular weight is 128 g/mol. The van der Waals surface area contributed by atoms with Gasteiger partial charge in [0.05, 0.1) is 5.41 Å². The van der Waals surface area contributed by atoms with Gasteiger partial charge in [-0.1, -0.05) is 0 Å². The van der Waals surface area contributed by atoms with Gasteiger partial charge in [0, 0.05) is 0 Å². The van der Waals surface area contributed by atoms with Gasteiger partial charge in [-0.25, -0.2) is 0 Å². The van der Waals surface area contributed by atoms with Crippen LogP contribution in [0, 0.1) is 5.41 Å². The predicted molar refractivity (Wildman–Crippen MR) is 34.0 cm³/mol. The van der Waals surface area contributed by atoms with E-state index in [0.717, 1.165) is 6.42 Å². The molecule has 1 heterocycles. The third kappa shape index (κ3) is 1.07. The lowest BCUT2D eigenvalue weighted by molar-refractivity contribution is -0.147. The van der Waals surface area contributed by atoms with E-state index in [9.17, 15) is 4.79 Å². The smallest absolute Gasteiger partial charge is 0.311 e. The van der Waals surface area contributed by atoms with Gasteiger partial charge < -0.3 is 4.74 Å². The minimum absolute atomic E-state index is 0.0602. The topological polar surface area (TPSA) is 26.3 Å². The molecule has 0 N–H and O–H groups in total. The van der Waals surface area contributed by atoms with Crippen molar-refractivity contribution in [2.75, 3.05) is 0 Å². The Morgan fingerprint density at radius 1 is 1.67 bits per heavy atom. The Morgan fingerprint density at radius 3 is 2.33 bits per heavy atom. The highest BCUT2D eigenvalue weighted by Crippen LogP contribution is 2.32. The van der Waals surface area contributed by atoms with Gasteiger partial charge >= 0.3 is 5.97 Å². The van der Waals surface area contributed by atoms with Crippen molar-refractivity contribution in [3.05, 3.63) is 0 Å². The van der Waals surface area contributed by atoms with Gasteiger partial charge in [0.15, 0.2) is 0 Å². The van der Waals surface area contributed by atoms with Crippen LogP contribution in [0.25, 0.3) is 0 Å². The molecule has 1 rings (SSSR count). The molecular weight excluding hydrogens is 116 g/mol. The van der Waals surface area contributed by atoms with Crippen molar-refractivity contribution < 1.29 is 9.53 Å². The molecule has 0 spiro atoms. The van der Waals surface area contributed by atoms with E-state index in [4.69, 9.17) is 4.74 Å². The minimum Gasteiger partial charge on any atom is -0.462 e. The van der Waals surface area contributed by atoms with E-state index in [1.807, 2.05) is 20.8 Å². The quantitative estimate of drug-likeness (QED) is 0.460. The summed E-state index contributed by atoms with van der Waals surface area (Å²) in [6, 6.07) is 0. The second-order valence-corrected chi connectivity index (χ2v) is 3.30. The first-order valence-corrected chi connectivity index (χ1v) is 3.23. The monoisotopic (exact) mass is 128 g/mol. The highest BCUT2D eigenvalue weighted by molar-refractivity contribution is 5.77. The van der Waals surface area contributed by atoms with Crippen molar-refractivity contribution >= 4 is 5.97 Å². The molecular formula is C7H12O2. The number of cyclic esters (lactones) is 1. The van der Waals surface area contributed by atoms with Crippen LogP contribution in [0.15, 0.2) is 0 Å². The van der Waals surface area contributed by atoms with Crippen LogP contribution in [-0.2, 0) is 9.53 Å². The number of hydrogen-bond donors (Lipinski definition) is 0. The van der Waals surface area contributed by atoms with Crippen LogP contribution in [0.5, 0.6) is 0 Å². The van der Waals surface area contributed by atoms with E-state index >= 15 is 0 Å². The maximum absolute atomic E-state index is 10.9. The Bertz CT molecular complexity index is 138. The first kappa shape index (κ1) is 6.59. The number of esters is 1. The van der Waals surface area contributed by atoms with Crippen molar-refractivity contribution in [1.29, 1.82) is 0 Å². The first-order chi connectivity index (χ1) is 4.02. The summed E-state index contributed by atoms with van der Waals surface area (Å²) in [4.78, 5) is 10.9. The third-order valence-electron chi connectivity index (χ3n) is 1.66. The molecule has 0 aromatic carbocycles. The number of carbonyl (C=O) groups excluding carboxylic acids is 1. The zero-order valence-corrected chi connectivity index (χ0v) is 6.10. The van der Waals surface area contributed by atoms with Crippen LogP contribution in [-0.4, -0.2) is 12.1 Å². The molecule has 1 saturated heterocycles. The molecule has 9 heavy (non-hydrogen) atoms. The Labute approximate surface area is 55.2 Å². The number of ether oxygens (including phenoxy) is 1. The molecule has 0 radical (unpaired) electrons. The van der Waals surface area contributed by atoms with Gasteiger partial charge in [-0.15, -0.1) is 0 Å². The van der Waals surface area contributed by atoms with Gasteiger partial charge in [0.2, 0.25) is 0 Å². The van der Waals surface area contributed by atoms with Crippen LogP contribution in [0.2, 0.25) is 0 Å². The summed E-state index contributed by atoms with van der Waals surface area (Å²) >= 11 is 0. The van der Waals surface area contributed by atoms with Crippen LogP contribution in [0.3, 0.4) is 0 Å². The van der Waals surface area contributed by atoms with Crippen LogP contribution >= 0.6 is 0 Å². The Hall–Kier alpha value is -0.530. The van der Waals surface area contributed by atoms with Crippen LogP contribution in [0.1, 0.15) is 27.2 Å². The Balaban J connectivity index is 2.70. The van der Waals surface area contributed by atoms with Gasteiger partial charge in [0.1, 0.15) is 6.10 Å². The highest BCUT2D eigenvalue weighted by atomic mass is 16.6. The fourth-order valence-electron chi connectivity index (χ4n) is 1.19. The van der Waals surface area contributed by atoms with Gasteiger partial charge in [0.25, 0.3) is 0 Å². The van der Waals surface area contributed by atoms with E-state index in [-0.39, 0.29) is 17.5 Å². The summed E-state index contributed by atoms with van der Waals surface area (Å²) < 4.78 is 4.94. The molecule has 0 aromatic rings. The zero-order chi connectivity index (χ0) is 7.07. The minimum atomic E-state index is -0.237. The Kier molecular flexibility index (Phi) is 1.26. The summed E-state index contributed by atoms with van der Waals surface area (Å²) in [5.41, 5.74) is -0.237. The molecule has 1 aliphatic rings. The average Bonchev–Trinajstić information content (AvgIpc) is 1.79. The lowest BCUT2D eigenvalue weighted by Gasteiger charge is -2.08. The molecule has 0 aromatic heterocycles. The summed E-state index contributed by atoms with van der Waals surface area (Å²) in [6.45, 7) is 5.75. The van der Waals surface area contributed by atoms with Gasteiger partial charge in [-0.2, -0.15) is 0 Å². The normalized spacial score (nSPS) is 32.3. The molecule has 1 fully saturated rings. The summed E-state index contributed by atoms with van der Waals surface area (Å²) in [6.07, 6.45) is 0.971. The molecule has 0 aliphatic carbocycles. The number of hydrogen-bond acceptors (Lipinski definition) is 2. The van der Waals surface area contributed by atoms with Crippen molar-refractivity contribution in [3.63, 3.8) is 0 Å². The van der Waals surface area contributed by atoms with Crippen LogP contribution < -0.4 is 0 Å². The van der Waals surface area contributed by atoms with E-state index < -0.39 is 0 Å². The van der Waals surface area contributed by atoms with Crippen molar-refractivity contribution in [2.45, 2.75) is 33.3 Å². The maximum Gasteiger partial charge on any atom is 0.311 e. The molecule has 0 amide bonds. The fourth-order valence-corrected chi connectivity index (χ4v) is 1.19. The molecule has 2 nitrogen and oxygen atoms in total. The maximum atomic E-state index is 10.9. The van der Waals surface area contributed by atoms with Crippen molar-refractivity contribution in [1.82, 2.24) is 0 Å². The second-order valence-electron chi connectivity index (χ2n) is 3.30. The molecule has 2 heteroatoms. The van der Waals surface area contributed by atoms with Crippen molar-refractivity contribution in [2.24, 2.45) is 5.41 Å². The van der Waals surface area contributed by atoms with Crippen molar-refractivity contribution in [3.8, 4) is 0 Å². The largest absolute Gasteiger partial charge is 0.462 e. The van der Waals surface area contributed by atoms with E-state index in [1.54, 1.807) is 0 Å². The molecule has 1 aliphatic heterocycles. The lowest BCUT2D eigenvalue weighted by Crippen LogP contribution is -2.16. The summed E-state index contributed by atoms with van der Waals surface area (Å²) in [5.74, 6) is -0.0602.